The standard InChI is InChI=1S/C10H14ClNO/c1-7-4-8(2)9(6-12(3)13)10(11)5-7/h4-5,13H,6H2,1-3H3. The van der Waals surface area contributed by atoms with Gasteiger partial charge in [0, 0.05) is 12.1 Å². The number of aryl methyl sites for hydroxylation is 2. The highest BCUT2D eigenvalue weighted by Gasteiger charge is 2.06. The van der Waals surface area contributed by atoms with Crippen LogP contribution in [-0.2, 0) is 6.54 Å². The first kappa shape index (κ1) is 10.5. The van der Waals surface area contributed by atoms with Gasteiger partial charge < -0.3 is 5.21 Å². The Kier molecular flexibility index (Phi) is 3.31. The molecular weight excluding hydrogens is 186 g/mol. The maximum atomic E-state index is 9.10. The van der Waals surface area contributed by atoms with Gasteiger partial charge in [0.05, 0.1) is 6.54 Å². The van der Waals surface area contributed by atoms with E-state index in [1.807, 2.05) is 19.9 Å². The molecule has 0 aromatic heterocycles. The number of halogens is 1. The number of hydrogen-bond donors (Lipinski definition) is 1. The van der Waals surface area contributed by atoms with Gasteiger partial charge in [-0.2, -0.15) is 5.06 Å². The molecule has 0 aliphatic rings. The molecule has 0 unspecified atom stereocenters. The van der Waals surface area contributed by atoms with Gasteiger partial charge >= 0.3 is 0 Å². The third-order valence-corrected chi connectivity index (χ3v) is 2.29. The van der Waals surface area contributed by atoms with E-state index in [0.717, 1.165) is 26.8 Å². The number of hydroxylamine groups is 2. The quantitative estimate of drug-likeness (QED) is 0.741. The van der Waals surface area contributed by atoms with Gasteiger partial charge in [0.15, 0.2) is 0 Å². The molecule has 1 N–H and O–H groups in total. The molecule has 0 aliphatic heterocycles. The highest BCUT2D eigenvalue weighted by atomic mass is 35.5. The predicted molar refractivity (Wildman–Crippen MR) is 54.2 cm³/mol. The van der Waals surface area contributed by atoms with Gasteiger partial charge in [-0.25, -0.2) is 0 Å². The Labute approximate surface area is 83.7 Å². The summed E-state index contributed by atoms with van der Waals surface area (Å²) in [5.41, 5.74) is 3.25. The van der Waals surface area contributed by atoms with Crippen molar-refractivity contribution in [2.24, 2.45) is 0 Å². The summed E-state index contributed by atoms with van der Waals surface area (Å²) >= 11 is 6.04. The zero-order valence-electron chi connectivity index (χ0n) is 8.13. The molecule has 0 fully saturated rings. The molecular formula is C10H14ClNO. The molecule has 0 spiro atoms. The lowest BCUT2D eigenvalue weighted by Crippen LogP contribution is -2.13. The lowest BCUT2D eigenvalue weighted by Gasteiger charge is -2.13. The second-order valence-electron chi connectivity index (χ2n) is 3.36. The van der Waals surface area contributed by atoms with Crippen molar-refractivity contribution in [3.8, 4) is 0 Å². The lowest BCUT2D eigenvalue weighted by atomic mass is 10.1. The highest BCUT2D eigenvalue weighted by molar-refractivity contribution is 6.31. The molecule has 3 heteroatoms. The zero-order valence-corrected chi connectivity index (χ0v) is 8.89. The monoisotopic (exact) mass is 199 g/mol. The summed E-state index contributed by atoms with van der Waals surface area (Å²) < 4.78 is 0. The average molecular weight is 200 g/mol. The van der Waals surface area contributed by atoms with Crippen molar-refractivity contribution in [1.82, 2.24) is 5.06 Å². The van der Waals surface area contributed by atoms with Crippen molar-refractivity contribution in [3.05, 3.63) is 33.8 Å². The van der Waals surface area contributed by atoms with Gasteiger partial charge in [0.1, 0.15) is 0 Å². The summed E-state index contributed by atoms with van der Waals surface area (Å²) in [4.78, 5) is 0. The van der Waals surface area contributed by atoms with Crippen LogP contribution in [0.4, 0.5) is 0 Å². The van der Waals surface area contributed by atoms with E-state index in [0.29, 0.717) is 6.54 Å². The number of rotatable bonds is 2. The Balaban J connectivity index is 3.06. The molecule has 0 radical (unpaired) electrons. The van der Waals surface area contributed by atoms with Crippen molar-refractivity contribution >= 4 is 11.6 Å². The molecule has 1 aromatic rings. The van der Waals surface area contributed by atoms with Crippen LogP contribution in [0.5, 0.6) is 0 Å². The fourth-order valence-electron chi connectivity index (χ4n) is 1.37. The Morgan fingerprint density at radius 3 is 2.46 bits per heavy atom. The molecule has 0 saturated carbocycles. The third-order valence-electron chi connectivity index (χ3n) is 1.95. The van der Waals surface area contributed by atoms with Crippen LogP contribution in [0.2, 0.25) is 5.02 Å². The number of hydrogen-bond acceptors (Lipinski definition) is 2. The predicted octanol–water partition coefficient (Wildman–Crippen LogP) is 2.78. The first-order valence-corrected chi connectivity index (χ1v) is 4.54. The average Bonchev–Trinajstić information content (AvgIpc) is 1.96. The minimum Gasteiger partial charge on any atom is -0.314 e. The molecule has 1 aromatic carbocycles. The van der Waals surface area contributed by atoms with Crippen LogP contribution in [0, 0.1) is 13.8 Å². The van der Waals surface area contributed by atoms with E-state index >= 15 is 0 Å². The Morgan fingerprint density at radius 2 is 2.00 bits per heavy atom. The summed E-state index contributed by atoms with van der Waals surface area (Å²) in [6.45, 7) is 4.47. The molecule has 0 heterocycles. The SMILES string of the molecule is Cc1cc(C)c(CN(C)O)c(Cl)c1. The Bertz CT molecular complexity index is 287. The molecule has 0 amide bonds. The molecule has 0 saturated heterocycles. The summed E-state index contributed by atoms with van der Waals surface area (Å²) in [5.74, 6) is 0. The van der Waals surface area contributed by atoms with Crippen molar-refractivity contribution in [3.63, 3.8) is 0 Å². The van der Waals surface area contributed by atoms with Crippen LogP contribution >= 0.6 is 11.6 Å². The van der Waals surface area contributed by atoms with Crippen LogP contribution < -0.4 is 0 Å². The van der Waals surface area contributed by atoms with Gasteiger partial charge in [-0.3, -0.25) is 0 Å². The number of benzene rings is 1. The van der Waals surface area contributed by atoms with Crippen LogP contribution in [0.1, 0.15) is 16.7 Å². The van der Waals surface area contributed by atoms with E-state index in [4.69, 9.17) is 16.8 Å². The summed E-state index contributed by atoms with van der Waals surface area (Å²) in [6.07, 6.45) is 0. The van der Waals surface area contributed by atoms with Gasteiger partial charge in [-0.05, 0) is 36.6 Å². The van der Waals surface area contributed by atoms with Gasteiger partial charge in [0.25, 0.3) is 0 Å². The largest absolute Gasteiger partial charge is 0.314 e. The third kappa shape index (κ3) is 2.69. The highest BCUT2D eigenvalue weighted by Crippen LogP contribution is 2.22. The van der Waals surface area contributed by atoms with Crippen LogP contribution in [0.25, 0.3) is 0 Å². The molecule has 72 valence electrons. The minimum absolute atomic E-state index is 0.463. The molecule has 0 aliphatic carbocycles. The second kappa shape index (κ2) is 4.09. The molecule has 0 bridgehead atoms. The van der Waals surface area contributed by atoms with E-state index in [1.165, 1.54) is 0 Å². The fraction of sp³-hybridized carbons (Fsp3) is 0.400. The van der Waals surface area contributed by atoms with Crippen molar-refractivity contribution in [2.75, 3.05) is 7.05 Å². The first-order chi connectivity index (χ1) is 6.00. The minimum atomic E-state index is 0.463. The Morgan fingerprint density at radius 1 is 1.38 bits per heavy atom. The van der Waals surface area contributed by atoms with E-state index in [9.17, 15) is 0 Å². The van der Waals surface area contributed by atoms with E-state index in [1.54, 1.807) is 7.05 Å². The van der Waals surface area contributed by atoms with E-state index in [2.05, 4.69) is 6.07 Å². The Hall–Kier alpha value is -0.570. The van der Waals surface area contributed by atoms with E-state index < -0.39 is 0 Å². The van der Waals surface area contributed by atoms with Crippen LogP contribution in [-0.4, -0.2) is 17.3 Å². The van der Waals surface area contributed by atoms with Gasteiger partial charge in [-0.15, -0.1) is 0 Å². The lowest BCUT2D eigenvalue weighted by molar-refractivity contribution is -0.0732. The van der Waals surface area contributed by atoms with Gasteiger partial charge in [-0.1, -0.05) is 17.7 Å². The van der Waals surface area contributed by atoms with Crippen molar-refractivity contribution < 1.29 is 5.21 Å². The normalized spacial score (nSPS) is 10.9. The molecule has 1 rings (SSSR count). The van der Waals surface area contributed by atoms with Gasteiger partial charge in [0.2, 0.25) is 0 Å². The maximum absolute atomic E-state index is 9.10. The maximum Gasteiger partial charge on any atom is 0.0502 e. The first-order valence-electron chi connectivity index (χ1n) is 4.16. The smallest absolute Gasteiger partial charge is 0.0502 e. The number of nitrogens with zero attached hydrogens (tertiary/aromatic N) is 1. The van der Waals surface area contributed by atoms with Crippen LogP contribution in [0.3, 0.4) is 0 Å². The van der Waals surface area contributed by atoms with E-state index in [-0.39, 0.29) is 0 Å². The topological polar surface area (TPSA) is 23.5 Å². The van der Waals surface area contributed by atoms with Crippen LogP contribution in [0.15, 0.2) is 12.1 Å². The second-order valence-corrected chi connectivity index (χ2v) is 3.77. The zero-order chi connectivity index (χ0) is 10.0. The molecule has 2 nitrogen and oxygen atoms in total. The molecule has 13 heavy (non-hydrogen) atoms. The van der Waals surface area contributed by atoms with Crippen molar-refractivity contribution in [2.45, 2.75) is 20.4 Å². The van der Waals surface area contributed by atoms with Crippen molar-refractivity contribution in [1.29, 1.82) is 0 Å². The summed E-state index contributed by atoms with van der Waals surface area (Å²) in [5, 5.41) is 10.9. The summed E-state index contributed by atoms with van der Waals surface area (Å²) in [7, 11) is 1.61. The molecule has 0 atom stereocenters. The summed E-state index contributed by atoms with van der Waals surface area (Å²) in [6, 6.07) is 3.97. The fourth-order valence-corrected chi connectivity index (χ4v) is 1.76.